The van der Waals surface area contributed by atoms with Gasteiger partial charge in [-0.1, -0.05) is 6.92 Å². The van der Waals surface area contributed by atoms with Gasteiger partial charge in [-0.2, -0.15) is 11.8 Å². The smallest absolute Gasteiger partial charge is 0.0155 e. The number of nitrogens with one attached hydrogen (secondary N) is 1. The van der Waals surface area contributed by atoms with Crippen molar-refractivity contribution >= 4 is 11.8 Å². The fourth-order valence-electron chi connectivity index (χ4n) is 1.03. The average Bonchev–Trinajstić information content (AvgIpc) is 2.13. The summed E-state index contributed by atoms with van der Waals surface area (Å²) in [7, 11) is 0. The number of rotatable bonds is 1. The highest BCUT2D eigenvalue weighted by Gasteiger charge is 2.07. The zero-order valence-corrected chi connectivity index (χ0v) is 6.84. The first-order valence-electron chi connectivity index (χ1n) is 3.74. The minimum atomic E-state index is 0.789. The van der Waals surface area contributed by atoms with Gasteiger partial charge in [0.25, 0.3) is 0 Å². The topological polar surface area (TPSA) is 12.0 Å². The summed E-state index contributed by atoms with van der Waals surface area (Å²) in [6.07, 6.45) is 2.63. The zero-order valence-electron chi connectivity index (χ0n) is 6.02. The van der Waals surface area contributed by atoms with Crippen LogP contribution < -0.4 is 5.32 Å². The second kappa shape index (κ2) is 4.18. The Morgan fingerprint density at radius 2 is 2.56 bits per heavy atom. The molecule has 0 amide bonds. The predicted octanol–water partition coefficient (Wildman–Crippen LogP) is 1.49. The molecule has 1 atom stereocenters. The molecule has 1 heterocycles. The van der Waals surface area contributed by atoms with Crippen LogP contribution in [0, 0.1) is 0 Å². The Hall–Kier alpha value is 0.310. The van der Waals surface area contributed by atoms with Crippen LogP contribution in [-0.4, -0.2) is 24.1 Å². The molecule has 0 saturated carbocycles. The first-order valence-corrected chi connectivity index (χ1v) is 4.90. The van der Waals surface area contributed by atoms with Crippen LogP contribution in [0.5, 0.6) is 0 Å². The maximum absolute atomic E-state index is 3.51. The molecule has 1 N–H and O–H groups in total. The maximum atomic E-state index is 3.51. The van der Waals surface area contributed by atoms with Gasteiger partial charge in [-0.3, -0.25) is 0 Å². The van der Waals surface area contributed by atoms with Gasteiger partial charge in [0.2, 0.25) is 0 Å². The lowest BCUT2D eigenvalue weighted by Crippen LogP contribution is -2.29. The summed E-state index contributed by atoms with van der Waals surface area (Å²) in [5.74, 6) is 2.67. The third-order valence-corrected chi connectivity index (χ3v) is 2.93. The lowest BCUT2D eigenvalue weighted by molar-refractivity contribution is 0.549. The van der Waals surface area contributed by atoms with E-state index < -0.39 is 0 Å². The molecule has 9 heavy (non-hydrogen) atoms. The molecule has 54 valence electrons. The van der Waals surface area contributed by atoms with Crippen molar-refractivity contribution in [3.05, 3.63) is 0 Å². The van der Waals surface area contributed by atoms with E-state index in [1.807, 2.05) is 0 Å². The van der Waals surface area contributed by atoms with Crippen LogP contribution in [0.1, 0.15) is 19.8 Å². The molecular formula is C7H15NS. The highest BCUT2D eigenvalue weighted by Crippen LogP contribution is 2.10. The van der Waals surface area contributed by atoms with E-state index >= 15 is 0 Å². The molecule has 1 fully saturated rings. The van der Waals surface area contributed by atoms with E-state index in [1.54, 1.807) is 0 Å². The molecule has 1 aliphatic rings. The van der Waals surface area contributed by atoms with Gasteiger partial charge < -0.3 is 5.32 Å². The van der Waals surface area contributed by atoms with Gasteiger partial charge >= 0.3 is 0 Å². The van der Waals surface area contributed by atoms with Gasteiger partial charge in [-0.15, -0.1) is 0 Å². The van der Waals surface area contributed by atoms with Gasteiger partial charge in [-0.25, -0.2) is 0 Å². The summed E-state index contributed by atoms with van der Waals surface area (Å²) in [6.45, 7) is 3.48. The van der Waals surface area contributed by atoms with Crippen LogP contribution in [0.3, 0.4) is 0 Å². The zero-order chi connectivity index (χ0) is 6.53. The summed E-state index contributed by atoms with van der Waals surface area (Å²) in [5.41, 5.74) is 0. The molecule has 0 aliphatic carbocycles. The van der Waals surface area contributed by atoms with Crippen molar-refractivity contribution in [2.24, 2.45) is 0 Å². The van der Waals surface area contributed by atoms with E-state index in [0.29, 0.717) is 0 Å². The quantitative estimate of drug-likeness (QED) is 0.600. The van der Waals surface area contributed by atoms with E-state index in [0.717, 1.165) is 6.04 Å². The maximum Gasteiger partial charge on any atom is 0.0155 e. The van der Waals surface area contributed by atoms with Gasteiger partial charge in [0.1, 0.15) is 0 Å². The normalized spacial score (nSPS) is 29.7. The van der Waals surface area contributed by atoms with Crippen LogP contribution in [0.4, 0.5) is 0 Å². The third-order valence-electron chi connectivity index (χ3n) is 1.71. The van der Waals surface area contributed by atoms with E-state index in [1.165, 1.54) is 30.9 Å². The average molecular weight is 145 g/mol. The van der Waals surface area contributed by atoms with Gasteiger partial charge in [-0.05, 0) is 25.1 Å². The van der Waals surface area contributed by atoms with E-state index in [4.69, 9.17) is 0 Å². The number of hydrogen-bond donors (Lipinski definition) is 1. The lowest BCUT2D eigenvalue weighted by Gasteiger charge is -2.10. The summed E-state index contributed by atoms with van der Waals surface area (Å²) in [6, 6.07) is 0.789. The summed E-state index contributed by atoms with van der Waals surface area (Å²) in [4.78, 5) is 0. The second-order valence-corrected chi connectivity index (χ2v) is 3.64. The molecular weight excluding hydrogens is 130 g/mol. The molecule has 1 saturated heterocycles. The Balaban J connectivity index is 2.18. The Bertz CT molecular complexity index is 67.3. The van der Waals surface area contributed by atoms with Crippen LogP contribution in [0.2, 0.25) is 0 Å². The van der Waals surface area contributed by atoms with Crippen molar-refractivity contribution in [2.45, 2.75) is 25.8 Å². The first kappa shape index (κ1) is 7.42. The van der Waals surface area contributed by atoms with Crippen molar-refractivity contribution in [3.8, 4) is 0 Å². The highest BCUT2D eigenvalue weighted by molar-refractivity contribution is 7.99. The summed E-state index contributed by atoms with van der Waals surface area (Å²) < 4.78 is 0. The summed E-state index contributed by atoms with van der Waals surface area (Å²) in [5, 5.41) is 3.51. The van der Waals surface area contributed by atoms with Gasteiger partial charge in [0, 0.05) is 11.8 Å². The molecule has 0 radical (unpaired) electrons. The second-order valence-electron chi connectivity index (χ2n) is 2.49. The van der Waals surface area contributed by atoms with Gasteiger partial charge in [0.15, 0.2) is 0 Å². The third kappa shape index (κ3) is 2.59. The molecule has 0 aromatic rings. The Morgan fingerprint density at radius 1 is 1.67 bits per heavy atom. The van der Waals surface area contributed by atoms with Crippen molar-refractivity contribution in [1.82, 2.24) is 5.32 Å². The largest absolute Gasteiger partial charge is 0.313 e. The monoisotopic (exact) mass is 145 g/mol. The van der Waals surface area contributed by atoms with Crippen molar-refractivity contribution in [1.29, 1.82) is 0 Å². The van der Waals surface area contributed by atoms with Gasteiger partial charge in [0.05, 0.1) is 0 Å². The standard InChI is InChI=1S/C7H15NS/c1-2-7-6-9-5-3-4-8-7/h7-8H,2-6H2,1H3. The van der Waals surface area contributed by atoms with Crippen LogP contribution in [0.25, 0.3) is 0 Å². The first-order chi connectivity index (χ1) is 4.43. The number of hydrogen-bond acceptors (Lipinski definition) is 2. The van der Waals surface area contributed by atoms with E-state index in [-0.39, 0.29) is 0 Å². The van der Waals surface area contributed by atoms with E-state index in [9.17, 15) is 0 Å². The Kier molecular flexibility index (Phi) is 3.44. The highest BCUT2D eigenvalue weighted by atomic mass is 32.2. The molecule has 0 spiro atoms. The molecule has 1 nitrogen and oxygen atoms in total. The fourth-order valence-corrected chi connectivity index (χ4v) is 2.18. The van der Waals surface area contributed by atoms with E-state index in [2.05, 4.69) is 24.0 Å². The Morgan fingerprint density at radius 3 is 3.33 bits per heavy atom. The molecule has 2 heteroatoms. The SMILES string of the molecule is CCC1CSCCCN1. The number of thioether (sulfide) groups is 1. The van der Waals surface area contributed by atoms with Crippen LogP contribution >= 0.6 is 11.8 Å². The van der Waals surface area contributed by atoms with Crippen LogP contribution in [-0.2, 0) is 0 Å². The Labute approximate surface area is 61.6 Å². The lowest BCUT2D eigenvalue weighted by atomic mass is 10.2. The summed E-state index contributed by atoms with van der Waals surface area (Å²) >= 11 is 2.09. The van der Waals surface area contributed by atoms with Crippen molar-refractivity contribution < 1.29 is 0 Å². The molecule has 1 aliphatic heterocycles. The molecule has 1 unspecified atom stereocenters. The van der Waals surface area contributed by atoms with Crippen molar-refractivity contribution in [3.63, 3.8) is 0 Å². The van der Waals surface area contributed by atoms with Crippen LogP contribution in [0.15, 0.2) is 0 Å². The minimum Gasteiger partial charge on any atom is -0.313 e. The molecule has 0 aromatic heterocycles. The molecule has 0 aromatic carbocycles. The fraction of sp³-hybridized carbons (Fsp3) is 1.00. The minimum absolute atomic E-state index is 0.789. The molecule has 0 bridgehead atoms. The predicted molar refractivity (Wildman–Crippen MR) is 44.0 cm³/mol. The molecule has 1 rings (SSSR count). The van der Waals surface area contributed by atoms with Crippen molar-refractivity contribution in [2.75, 3.05) is 18.1 Å².